The second-order valence-electron chi connectivity index (χ2n) is 19.4. The summed E-state index contributed by atoms with van der Waals surface area (Å²) in [6.07, 6.45) is 2.17. The molecule has 4 nitrogen and oxygen atoms in total. The molecule has 2 amide bonds. The number of fused-ring (bicyclic) bond motifs is 2. The van der Waals surface area contributed by atoms with Gasteiger partial charge in [-0.2, -0.15) is 0 Å². The van der Waals surface area contributed by atoms with E-state index in [9.17, 15) is 9.59 Å². The summed E-state index contributed by atoms with van der Waals surface area (Å²) in [5.41, 5.74) is 7.56. The standard InChI is InChI=1S/C50H52N2O2/c1-47(2,3)28-49(7,8)30-14-18-32(19-15-30)52(33-20-16-31(17-21-33)50(9,10)29-48(4,5)6)41-27-26-35-37-23-25-40-44-39(45(53)51-46(40)54)24-22-36(43(37)44)34-12-11-13-38(41)42(34)35/h11-27H,28-29H2,1-10H3,(H,51,53,54). The third-order valence-corrected chi connectivity index (χ3v) is 11.5. The van der Waals surface area contributed by atoms with Crippen molar-refractivity contribution in [2.75, 3.05) is 4.90 Å². The summed E-state index contributed by atoms with van der Waals surface area (Å²) in [6, 6.07) is 37.3. The SMILES string of the molecule is CC(C)(C)CC(C)(C)c1ccc(N(c2ccc(C(C)(C)CC(C)(C)C)cc2)c2ccc3c4ccc5c6c(ccc(c7cccc2c73)c64)C(=O)NC5=O)cc1. The van der Waals surface area contributed by atoms with E-state index in [4.69, 9.17) is 0 Å². The monoisotopic (exact) mass is 712 g/mol. The zero-order valence-electron chi connectivity index (χ0n) is 33.5. The second-order valence-corrected chi connectivity index (χ2v) is 19.4. The topological polar surface area (TPSA) is 49.4 Å². The summed E-state index contributed by atoms with van der Waals surface area (Å²) in [5, 5.41) is 10.9. The van der Waals surface area contributed by atoms with Gasteiger partial charge in [0, 0.05) is 33.3 Å². The molecule has 4 heteroatoms. The number of carbonyl (C=O) groups is 2. The first-order valence-corrected chi connectivity index (χ1v) is 19.4. The molecule has 0 aromatic heterocycles. The fourth-order valence-corrected chi connectivity index (χ4v) is 10.0. The van der Waals surface area contributed by atoms with Crippen LogP contribution in [0.3, 0.4) is 0 Å². The number of anilines is 3. The summed E-state index contributed by atoms with van der Waals surface area (Å²) in [7, 11) is 0. The molecule has 54 heavy (non-hydrogen) atoms. The van der Waals surface area contributed by atoms with Crippen LogP contribution < -0.4 is 10.2 Å². The van der Waals surface area contributed by atoms with Crippen LogP contribution >= 0.6 is 0 Å². The molecule has 1 heterocycles. The Kier molecular flexibility index (Phi) is 8.05. The fourth-order valence-electron chi connectivity index (χ4n) is 10.0. The van der Waals surface area contributed by atoms with Gasteiger partial charge in [-0.05, 0) is 120 Å². The zero-order chi connectivity index (χ0) is 38.5. The Hall–Kier alpha value is -5.22. The average molecular weight is 713 g/mol. The lowest BCUT2D eigenvalue weighted by molar-refractivity contribution is 0.0845. The van der Waals surface area contributed by atoms with Crippen molar-refractivity contribution in [3.8, 4) is 0 Å². The fraction of sp³-hybridized carbons (Fsp3) is 0.320. The predicted octanol–water partition coefficient (Wildman–Crippen LogP) is 13.5. The smallest absolute Gasteiger partial charge is 0.258 e. The van der Waals surface area contributed by atoms with Crippen molar-refractivity contribution in [2.45, 2.75) is 92.9 Å². The second kappa shape index (κ2) is 12.1. The van der Waals surface area contributed by atoms with Crippen LogP contribution in [-0.2, 0) is 10.8 Å². The highest BCUT2D eigenvalue weighted by Gasteiger charge is 2.31. The van der Waals surface area contributed by atoms with Crippen LogP contribution in [0.1, 0.15) is 114 Å². The van der Waals surface area contributed by atoms with Gasteiger partial charge in [-0.25, -0.2) is 0 Å². The molecule has 0 unspecified atom stereocenters. The van der Waals surface area contributed by atoms with Crippen molar-refractivity contribution in [2.24, 2.45) is 10.8 Å². The predicted molar refractivity (Wildman–Crippen MR) is 228 cm³/mol. The van der Waals surface area contributed by atoms with Gasteiger partial charge in [-0.1, -0.05) is 130 Å². The van der Waals surface area contributed by atoms with Gasteiger partial charge in [-0.3, -0.25) is 14.9 Å². The van der Waals surface area contributed by atoms with E-state index >= 15 is 0 Å². The maximum atomic E-state index is 13.0. The Morgan fingerprint density at radius 1 is 0.444 bits per heavy atom. The number of rotatable bonds is 7. The third-order valence-electron chi connectivity index (χ3n) is 11.5. The lowest BCUT2D eigenvalue weighted by Gasteiger charge is -2.34. The summed E-state index contributed by atoms with van der Waals surface area (Å²) < 4.78 is 0. The minimum Gasteiger partial charge on any atom is -0.310 e. The van der Waals surface area contributed by atoms with Gasteiger partial charge in [0.05, 0.1) is 5.69 Å². The van der Waals surface area contributed by atoms with Gasteiger partial charge in [0.15, 0.2) is 0 Å². The van der Waals surface area contributed by atoms with Crippen LogP contribution in [-0.4, -0.2) is 11.8 Å². The van der Waals surface area contributed by atoms with Crippen LogP contribution in [0, 0.1) is 10.8 Å². The number of hydrogen-bond donors (Lipinski definition) is 1. The molecule has 0 spiro atoms. The summed E-state index contributed by atoms with van der Waals surface area (Å²) >= 11 is 0. The number of benzene rings is 7. The van der Waals surface area contributed by atoms with E-state index < -0.39 is 0 Å². The largest absolute Gasteiger partial charge is 0.310 e. The Morgan fingerprint density at radius 3 is 1.31 bits per heavy atom. The number of imide groups is 1. The normalized spacial score (nSPS) is 14.1. The van der Waals surface area contributed by atoms with E-state index in [1.165, 1.54) is 16.5 Å². The maximum absolute atomic E-state index is 13.0. The van der Waals surface area contributed by atoms with Gasteiger partial charge in [0.25, 0.3) is 11.8 Å². The molecule has 0 aliphatic carbocycles. The van der Waals surface area contributed by atoms with Crippen molar-refractivity contribution in [3.05, 3.63) is 125 Å². The van der Waals surface area contributed by atoms with Crippen LogP contribution in [0.15, 0.2) is 103 Å². The van der Waals surface area contributed by atoms with E-state index in [0.717, 1.165) is 67.6 Å². The van der Waals surface area contributed by atoms with Gasteiger partial charge >= 0.3 is 0 Å². The van der Waals surface area contributed by atoms with E-state index in [1.807, 2.05) is 12.1 Å². The molecule has 0 radical (unpaired) electrons. The first-order chi connectivity index (χ1) is 25.3. The van der Waals surface area contributed by atoms with Crippen LogP contribution in [0.2, 0.25) is 0 Å². The Morgan fingerprint density at radius 2 is 0.852 bits per heavy atom. The van der Waals surface area contributed by atoms with E-state index in [0.29, 0.717) is 11.1 Å². The Balaban J connectivity index is 1.34. The number of amides is 2. The van der Waals surface area contributed by atoms with E-state index in [2.05, 4.69) is 170 Å². The molecule has 0 bridgehead atoms. The van der Waals surface area contributed by atoms with Gasteiger partial charge in [-0.15, -0.1) is 0 Å². The van der Waals surface area contributed by atoms with Crippen molar-refractivity contribution < 1.29 is 9.59 Å². The molecule has 0 saturated heterocycles. The Bertz CT molecular complexity index is 2470. The molecular formula is C50H52N2O2. The maximum Gasteiger partial charge on any atom is 0.258 e. The van der Waals surface area contributed by atoms with Crippen molar-refractivity contribution in [3.63, 3.8) is 0 Å². The van der Waals surface area contributed by atoms with Crippen LogP contribution in [0.4, 0.5) is 17.1 Å². The van der Waals surface area contributed by atoms with Crippen molar-refractivity contribution in [1.29, 1.82) is 0 Å². The van der Waals surface area contributed by atoms with Gasteiger partial charge < -0.3 is 4.90 Å². The quantitative estimate of drug-likeness (QED) is 0.102. The molecular weight excluding hydrogens is 661 g/mol. The number of carbonyl (C=O) groups excluding carboxylic acids is 2. The molecule has 1 aliphatic rings. The van der Waals surface area contributed by atoms with E-state index in [-0.39, 0.29) is 33.5 Å². The van der Waals surface area contributed by atoms with Crippen LogP contribution in [0.5, 0.6) is 0 Å². The molecule has 7 aromatic rings. The number of nitrogens with zero attached hydrogens (tertiary/aromatic N) is 1. The average Bonchev–Trinajstić information content (AvgIpc) is 3.08. The lowest BCUT2D eigenvalue weighted by atomic mass is 9.72. The minimum atomic E-state index is -0.341. The summed E-state index contributed by atoms with van der Waals surface area (Å²) in [4.78, 5) is 28.4. The lowest BCUT2D eigenvalue weighted by Crippen LogP contribution is -2.34. The summed E-state index contributed by atoms with van der Waals surface area (Å²) in [5.74, 6) is -0.682. The molecule has 1 aliphatic heterocycles. The molecule has 0 saturated carbocycles. The van der Waals surface area contributed by atoms with Gasteiger partial charge in [0.1, 0.15) is 0 Å². The highest BCUT2D eigenvalue weighted by Crippen LogP contribution is 2.48. The molecule has 0 fully saturated rings. The summed E-state index contributed by atoms with van der Waals surface area (Å²) in [6.45, 7) is 23.3. The molecule has 7 aromatic carbocycles. The zero-order valence-corrected chi connectivity index (χ0v) is 33.5. The third kappa shape index (κ3) is 6.00. The molecule has 1 N–H and O–H groups in total. The highest BCUT2D eigenvalue weighted by molar-refractivity contribution is 6.39. The minimum absolute atomic E-state index is 0.0298. The Labute approximate surface area is 319 Å². The van der Waals surface area contributed by atoms with Crippen molar-refractivity contribution >= 4 is 72.0 Å². The highest BCUT2D eigenvalue weighted by atomic mass is 16.2. The molecule has 274 valence electrons. The molecule has 8 rings (SSSR count). The first kappa shape index (κ1) is 35.8. The molecule has 0 atom stereocenters. The first-order valence-electron chi connectivity index (χ1n) is 19.4. The van der Waals surface area contributed by atoms with Gasteiger partial charge in [0.2, 0.25) is 0 Å². The van der Waals surface area contributed by atoms with Crippen molar-refractivity contribution in [1.82, 2.24) is 5.32 Å². The van der Waals surface area contributed by atoms with Crippen LogP contribution in [0.25, 0.3) is 43.1 Å². The number of nitrogens with one attached hydrogen (secondary N) is 1. The van der Waals surface area contributed by atoms with E-state index in [1.54, 1.807) is 0 Å². The number of hydrogen-bond acceptors (Lipinski definition) is 3.